The van der Waals surface area contributed by atoms with Crippen LogP contribution in [0.4, 0.5) is 0 Å². The van der Waals surface area contributed by atoms with Crippen LogP contribution in [0.15, 0.2) is 65.0 Å². The van der Waals surface area contributed by atoms with Gasteiger partial charge < -0.3 is 10.1 Å². The summed E-state index contributed by atoms with van der Waals surface area (Å²) in [5, 5.41) is 13.1. The Labute approximate surface area is 135 Å². The standard InChI is InChI=1S/C18H12N2O2S/c21-17-13-9-11(12-3-1-7-19-10-12)5-6-14(13)20-18(22)16(17)15-4-2-8-23-15/h1-10H,(H2,20,21,22). The number of rotatable bonds is 2. The quantitative estimate of drug-likeness (QED) is 0.586. The summed E-state index contributed by atoms with van der Waals surface area (Å²) in [4.78, 5) is 20.0. The van der Waals surface area contributed by atoms with Gasteiger partial charge in [-0.3, -0.25) is 9.78 Å². The number of hydrogen-bond donors (Lipinski definition) is 2. The maximum atomic E-state index is 12.3. The Morgan fingerprint density at radius 3 is 2.74 bits per heavy atom. The number of fused-ring (bicyclic) bond motifs is 1. The van der Waals surface area contributed by atoms with Crippen molar-refractivity contribution in [2.24, 2.45) is 0 Å². The summed E-state index contributed by atoms with van der Waals surface area (Å²) in [6.45, 7) is 0. The summed E-state index contributed by atoms with van der Waals surface area (Å²) < 4.78 is 0. The number of thiophene rings is 1. The van der Waals surface area contributed by atoms with Crippen LogP contribution in [0.25, 0.3) is 32.5 Å². The molecule has 0 saturated heterocycles. The molecule has 0 fully saturated rings. The molecule has 0 amide bonds. The first-order valence-corrected chi connectivity index (χ1v) is 7.95. The van der Waals surface area contributed by atoms with Gasteiger partial charge in [0.1, 0.15) is 5.75 Å². The second kappa shape index (κ2) is 5.37. The monoisotopic (exact) mass is 320 g/mol. The number of H-pyrrole nitrogens is 1. The van der Waals surface area contributed by atoms with Gasteiger partial charge in [-0.05, 0) is 35.2 Å². The Balaban J connectivity index is 1.99. The Morgan fingerprint density at radius 1 is 1.09 bits per heavy atom. The molecule has 0 spiro atoms. The fraction of sp³-hybridized carbons (Fsp3) is 0. The molecule has 3 heterocycles. The minimum absolute atomic E-state index is 0.0111. The van der Waals surface area contributed by atoms with Crippen molar-refractivity contribution >= 4 is 22.2 Å². The molecular weight excluding hydrogens is 308 g/mol. The average molecular weight is 320 g/mol. The minimum atomic E-state index is -0.286. The van der Waals surface area contributed by atoms with E-state index in [1.807, 2.05) is 41.8 Å². The minimum Gasteiger partial charge on any atom is -0.506 e. The number of nitrogens with zero attached hydrogens (tertiary/aromatic N) is 1. The average Bonchev–Trinajstić information content (AvgIpc) is 3.09. The Hall–Kier alpha value is -2.92. The van der Waals surface area contributed by atoms with Crippen LogP contribution in [0.2, 0.25) is 0 Å². The van der Waals surface area contributed by atoms with Gasteiger partial charge in [-0.15, -0.1) is 11.3 Å². The summed E-state index contributed by atoms with van der Waals surface area (Å²) in [6, 6.07) is 13.1. The van der Waals surface area contributed by atoms with Crippen molar-refractivity contribution in [3.8, 4) is 27.3 Å². The van der Waals surface area contributed by atoms with E-state index in [-0.39, 0.29) is 11.3 Å². The smallest absolute Gasteiger partial charge is 0.260 e. The molecule has 0 bridgehead atoms. The van der Waals surface area contributed by atoms with Gasteiger partial charge in [0.2, 0.25) is 0 Å². The first kappa shape index (κ1) is 13.7. The van der Waals surface area contributed by atoms with E-state index in [0.29, 0.717) is 16.5 Å². The van der Waals surface area contributed by atoms with Gasteiger partial charge in [0.15, 0.2) is 0 Å². The molecule has 0 aliphatic rings. The maximum Gasteiger partial charge on any atom is 0.260 e. The largest absolute Gasteiger partial charge is 0.506 e. The van der Waals surface area contributed by atoms with Crippen molar-refractivity contribution in [3.05, 3.63) is 70.6 Å². The van der Waals surface area contributed by atoms with Gasteiger partial charge >= 0.3 is 0 Å². The van der Waals surface area contributed by atoms with E-state index < -0.39 is 0 Å². The highest BCUT2D eigenvalue weighted by Gasteiger charge is 2.15. The summed E-state index contributed by atoms with van der Waals surface area (Å²) in [5.41, 5.74) is 2.53. The number of pyridine rings is 2. The van der Waals surface area contributed by atoms with E-state index in [1.54, 1.807) is 18.5 Å². The zero-order chi connectivity index (χ0) is 15.8. The third kappa shape index (κ3) is 2.31. The predicted octanol–water partition coefficient (Wildman–Crippen LogP) is 4.02. The van der Waals surface area contributed by atoms with Crippen LogP contribution in [-0.4, -0.2) is 15.1 Å². The molecule has 5 heteroatoms. The summed E-state index contributed by atoms with van der Waals surface area (Å²) in [5.74, 6) is 0.0111. The Bertz CT molecular complexity index is 1040. The van der Waals surface area contributed by atoms with Crippen LogP contribution >= 0.6 is 11.3 Å². The zero-order valence-electron chi connectivity index (χ0n) is 12.0. The molecule has 2 N–H and O–H groups in total. The number of aromatic amines is 1. The lowest BCUT2D eigenvalue weighted by molar-refractivity contribution is 0.483. The zero-order valence-corrected chi connectivity index (χ0v) is 12.8. The first-order chi connectivity index (χ1) is 11.2. The van der Waals surface area contributed by atoms with Crippen molar-refractivity contribution in [1.29, 1.82) is 0 Å². The highest BCUT2D eigenvalue weighted by molar-refractivity contribution is 7.13. The van der Waals surface area contributed by atoms with Crippen molar-refractivity contribution in [3.63, 3.8) is 0 Å². The summed E-state index contributed by atoms with van der Waals surface area (Å²) in [7, 11) is 0. The second-order valence-electron chi connectivity index (χ2n) is 5.16. The predicted molar refractivity (Wildman–Crippen MR) is 92.8 cm³/mol. The third-order valence-electron chi connectivity index (χ3n) is 3.75. The van der Waals surface area contributed by atoms with Gasteiger partial charge in [-0.25, -0.2) is 0 Å². The fourth-order valence-electron chi connectivity index (χ4n) is 2.64. The maximum absolute atomic E-state index is 12.3. The molecule has 1 aromatic carbocycles. The Kier molecular flexibility index (Phi) is 3.20. The topological polar surface area (TPSA) is 66.0 Å². The molecule has 23 heavy (non-hydrogen) atoms. The van der Waals surface area contributed by atoms with Crippen molar-refractivity contribution in [2.75, 3.05) is 0 Å². The van der Waals surface area contributed by atoms with Gasteiger partial charge in [0.05, 0.1) is 11.1 Å². The van der Waals surface area contributed by atoms with E-state index in [2.05, 4.69) is 9.97 Å². The number of aromatic hydroxyl groups is 1. The molecule has 4 rings (SSSR count). The van der Waals surface area contributed by atoms with E-state index >= 15 is 0 Å². The first-order valence-electron chi connectivity index (χ1n) is 7.07. The van der Waals surface area contributed by atoms with Crippen molar-refractivity contribution < 1.29 is 5.11 Å². The third-order valence-corrected chi connectivity index (χ3v) is 4.64. The van der Waals surface area contributed by atoms with Gasteiger partial charge in [0.25, 0.3) is 5.56 Å². The number of nitrogens with one attached hydrogen (secondary N) is 1. The number of benzene rings is 1. The van der Waals surface area contributed by atoms with Crippen LogP contribution in [0.3, 0.4) is 0 Å². The molecule has 0 radical (unpaired) electrons. The lowest BCUT2D eigenvalue weighted by Gasteiger charge is -2.08. The van der Waals surface area contributed by atoms with Crippen LogP contribution in [0.5, 0.6) is 5.75 Å². The SMILES string of the molecule is O=c1[nH]c2ccc(-c3cccnc3)cc2c(O)c1-c1cccs1. The van der Waals surface area contributed by atoms with E-state index in [1.165, 1.54) is 11.3 Å². The molecule has 0 aliphatic heterocycles. The van der Waals surface area contributed by atoms with Gasteiger partial charge in [0, 0.05) is 28.2 Å². The highest BCUT2D eigenvalue weighted by atomic mass is 32.1. The molecule has 4 aromatic rings. The normalized spacial score (nSPS) is 11.0. The van der Waals surface area contributed by atoms with Crippen molar-refractivity contribution in [2.45, 2.75) is 0 Å². The van der Waals surface area contributed by atoms with E-state index in [0.717, 1.165) is 16.0 Å². The molecule has 0 unspecified atom stereocenters. The summed E-state index contributed by atoms with van der Waals surface area (Å²) >= 11 is 1.42. The van der Waals surface area contributed by atoms with Gasteiger partial charge in [-0.2, -0.15) is 0 Å². The summed E-state index contributed by atoms with van der Waals surface area (Å²) in [6.07, 6.45) is 3.48. The highest BCUT2D eigenvalue weighted by Crippen LogP contribution is 2.35. The van der Waals surface area contributed by atoms with Gasteiger partial charge in [-0.1, -0.05) is 18.2 Å². The molecule has 0 aliphatic carbocycles. The lowest BCUT2D eigenvalue weighted by Crippen LogP contribution is -2.08. The second-order valence-corrected chi connectivity index (χ2v) is 6.10. The number of hydrogen-bond acceptors (Lipinski definition) is 4. The van der Waals surface area contributed by atoms with Crippen LogP contribution < -0.4 is 5.56 Å². The fourth-order valence-corrected chi connectivity index (χ4v) is 3.41. The van der Waals surface area contributed by atoms with E-state index in [4.69, 9.17) is 0 Å². The molecule has 4 nitrogen and oxygen atoms in total. The lowest BCUT2D eigenvalue weighted by atomic mass is 10.0. The molecule has 0 saturated carbocycles. The Morgan fingerprint density at radius 2 is 2.00 bits per heavy atom. The number of aromatic nitrogens is 2. The van der Waals surface area contributed by atoms with Crippen LogP contribution in [0.1, 0.15) is 0 Å². The van der Waals surface area contributed by atoms with Crippen LogP contribution in [-0.2, 0) is 0 Å². The van der Waals surface area contributed by atoms with Crippen LogP contribution in [0, 0.1) is 0 Å². The molecular formula is C18H12N2O2S. The van der Waals surface area contributed by atoms with Crippen molar-refractivity contribution in [1.82, 2.24) is 9.97 Å². The molecule has 0 atom stereocenters. The molecule has 3 aromatic heterocycles. The molecule has 112 valence electrons. The van der Waals surface area contributed by atoms with E-state index in [9.17, 15) is 9.90 Å².